The molecule has 3 aromatic heterocycles. The molecule has 0 saturated heterocycles. The van der Waals surface area contributed by atoms with Crippen LogP contribution in [0.15, 0.2) is 136 Å². The maximum absolute atomic E-state index is 13.0. The number of nitrogens with one attached hydrogen (secondary N) is 3. The summed E-state index contributed by atoms with van der Waals surface area (Å²) in [6.07, 6.45) is 11.0. The van der Waals surface area contributed by atoms with Gasteiger partial charge in [-0.1, -0.05) is 55.0 Å². The summed E-state index contributed by atoms with van der Waals surface area (Å²) in [4.78, 5) is 29.5. The molecule has 7 aromatic rings. The van der Waals surface area contributed by atoms with Crippen molar-refractivity contribution >= 4 is 114 Å². The van der Waals surface area contributed by atoms with Gasteiger partial charge in [-0.25, -0.2) is 9.97 Å². The van der Waals surface area contributed by atoms with Crippen LogP contribution < -0.4 is 5.32 Å². The van der Waals surface area contributed by atoms with E-state index in [1.807, 2.05) is 54.6 Å². The highest BCUT2D eigenvalue weighted by molar-refractivity contribution is 7.86. The average molecular weight is 1060 g/mol. The summed E-state index contributed by atoms with van der Waals surface area (Å²) >= 11 is 8.87. The minimum atomic E-state index is -4.54. The van der Waals surface area contributed by atoms with Crippen molar-refractivity contribution < 1.29 is 43.7 Å². The van der Waals surface area contributed by atoms with E-state index in [0.717, 1.165) is 37.0 Å². The monoisotopic (exact) mass is 1060 g/mol. The number of unbranched alkanes of at least 4 members (excludes halogenated alkanes) is 1. The first kappa shape index (κ1) is 50.3. The molecule has 1 atom stereocenters. The van der Waals surface area contributed by atoms with Gasteiger partial charge in [-0.15, -0.1) is 0 Å². The molecule has 0 saturated carbocycles. The summed E-state index contributed by atoms with van der Waals surface area (Å²) in [7, 11) is -13.6. The first-order chi connectivity index (χ1) is 34.3. The molecular weight excluding hydrogens is 1010 g/mol. The van der Waals surface area contributed by atoms with Gasteiger partial charge in [0, 0.05) is 61.7 Å². The van der Waals surface area contributed by atoms with Crippen molar-refractivity contribution in [3.63, 3.8) is 0 Å². The van der Waals surface area contributed by atoms with E-state index in [1.165, 1.54) is 48.5 Å². The molecule has 5 heterocycles. The fraction of sp³-hybridized carbons (Fsp3) is 0.135. The van der Waals surface area contributed by atoms with E-state index >= 15 is 0 Å². The lowest BCUT2D eigenvalue weighted by Gasteiger charge is -2.10. The van der Waals surface area contributed by atoms with Crippen LogP contribution in [0.3, 0.4) is 0 Å². The second-order valence-corrected chi connectivity index (χ2v) is 22.5. The molecule has 1 unspecified atom stereocenters. The fourth-order valence-electron chi connectivity index (χ4n) is 8.70. The van der Waals surface area contributed by atoms with E-state index in [-0.39, 0.29) is 25.8 Å². The van der Waals surface area contributed by atoms with Crippen LogP contribution in [0.4, 0.5) is 5.69 Å². The molecule has 9 rings (SSSR count). The molecule has 2 aliphatic heterocycles. The van der Waals surface area contributed by atoms with Gasteiger partial charge in [0.05, 0.1) is 37.5 Å². The normalized spacial score (nSPS) is 13.1. The molecule has 0 radical (unpaired) electrons. The highest BCUT2D eigenvalue weighted by atomic mass is 32.2. The second-order valence-electron chi connectivity index (χ2n) is 17.0. The van der Waals surface area contributed by atoms with Gasteiger partial charge in [-0.2, -0.15) is 50.5 Å². The number of fused-ring (bicyclic) bond motifs is 8. The van der Waals surface area contributed by atoms with Gasteiger partial charge in [-0.05, 0) is 144 Å². The number of nitrogens with zero attached hydrogens (tertiary/aromatic N) is 2. The topological polar surface area (TPSA) is 250 Å². The van der Waals surface area contributed by atoms with Crippen LogP contribution in [0, 0.1) is 0 Å². The van der Waals surface area contributed by atoms with Gasteiger partial charge < -0.3 is 15.3 Å². The van der Waals surface area contributed by atoms with E-state index in [2.05, 4.69) is 40.5 Å². The number of carbonyl (C=O) groups excluding carboxylic acids is 1. The number of rotatable bonds is 15. The van der Waals surface area contributed by atoms with Crippen molar-refractivity contribution in [1.82, 2.24) is 19.9 Å². The lowest BCUT2D eigenvalue weighted by Crippen LogP contribution is -2.11. The third kappa shape index (κ3) is 11.1. The minimum absolute atomic E-state index is 0.113. The Bertz CT molecular complexity index is 3760. The minimum Gasteiger partial charge on any atom is -0.354 e. The zero-order valence-electron chi connectivity index (χ0n) is 37.9. The van der Waals surface area contributed by atoms with Crippen molar-refractivity contribution in [3.05, 3.63) is 144 Å². The molecule has 8 bridgehead atoms. The zero-order chi connectivity index (χ0) is 51.0. The summed E-state index contributed by atoms with van der Waals surface area (Å²) in [5.41, 5.74) is 9.36. The smallest absolute Gasteiger partial charge is 0.294 e. The van der Waals surface area contributed by atoms with Crippen molar-refractivity contribution in [2.24, 2.45) is 0 Å². The van der Waals surface area contributed by atoms with E-state index in [4.69, 9.17) is 9.97 Å². The number of aromatic nitrogens is 4. The third-order valence-electron chi connectivity index (χ3n) is 12.2. The van der Waals surface area contributed by atoms with Crippen molar-refractivity contribution in [1.29, 1.82) is 0 Å². The number of H-pyrrole nitrogens is 2. The zero-order valence-corrected chi connectivity index (χ0v) is 42.1. The summed E-state index contributed by atoms with van der Waals surface area (Å²) in [5.74, 6) is 0.647. The lowest BCUT2D eigenvalue weighted by atomic mass is 10.0. The summed E-state index contributed by atoms with van der Waals surface area (Å²) < 4.78 is 102. The van der Waals surface area contributed by atoms with E-state index in [0.29, 0.717) is 95.9 Å². The molecule has 0 spiro atoms. The quantitative estimate of drug-likeness (QED) is 0.0271. The summed E-state index contributed by atoms with van der Waals surface area (Å²) in [6.45, 7) is 0. The molecule has 4 aromatic carbocycles. The number of anilines is 1. The third-order valence-corrected chi connectivity index (χ3v) is 15.6. The molecule has 15 nitrogen and oxygen atoms in total. The van der Waals surface area contributed by atoms with Gasteiger partial charge in [0.15, 0.2) is 0 Å². The Hall–Kier alpha value is -6.62. The number of amides is 1. The van der Waals surface area contributed by atoms with Crippen LogP contribution in [-0.4, -0.2) is 75.8 Å². The standard InChI is InChI=1S/C52H45N5O10S5/c58-48(4-2-1-3-36(69)29-30-68)53-35-13-5-31(6-14-35)49-40-21-23-42(54-40)50(32-7-15-37(16-8-32)70(59,60)61)44-25-27-46(56-44)52(34-11-19-39(20-12-34)72(65,66)67)47-28-26-45(57-47)51(43-24-22-41(49)55-43)33-9-17-38(18-10-33)71(62,63)64/h5-28,36,54,57,68-69H,1-4,29-30H2,(H,53,58)(H,59,60,61)(H,62,63,64)(H,65,66,67). The lowest BCUT2D eigenvalue weighted by molar-refractivity contribution is -0.116. The number of hydrogen-bond acceptors (Lipinski definition) is 11. The molecule has 1 amide bonds. The number of hydrogen-bond donors (Lipinski definition) is 8. The van der Waals surface area contributed by atoms with Crippen LogP contribution in [0.5, 0.6) is 0 Å². The van der Waals surface area contributed by atoms with E-state index in [9.17, 15) is 43.7 Å². The van der Waals surface area contributed by atoms with Crippen molar-refractivity contribution in [2.75, 3.05) is 11.1 Å². The molecule has 6 N–H and O–H groups in total. The van der Waals surface area contributed by atoms with Crippen LogP contribution >= 0.6 is 25.3 Å². The first-order valence-corrected chi connectivity index (χ1v) is 27.9. The predicted octanol–water partition coefficient (Wildman–Crippen LogP) is 11.2. The Labute approximate surface area is 426 Å². The van der Waals surface area contributed by atoms with Crippen LogP contribution in [0.1, 0.15) is 54.9 Å². The predicted molar refractivity (Wildman–Crippen MR) is 288 cm³/mol. The SMILES string of the molecule is O=C(CCCCC(S)CCS)Nc1ccc(-c2c3nc(c(-c4ccc(S(=O)(=O)O)cc4)c4ccc([nH]4)c(-c4ccc(S(=O)(=O)O)cc4)c4nc(c(-c5ccc(S(=O)(=O)O)cc5)c5ccc2[nH]5)C=C4)C=C3)cc1. The second kappa shape index (κ2) is 20.5. The number of thiol groups is 2. The van der Waals surface area contributed by atoms with E-state index < -0.39 is 30.4 Å². The van der Waals surface area contributed by atoms with Crippen LogP contribution in [0.2, 0.25) is 0 Å². The summed E-state index contributed by atoms with van der Waals surface area (Å²) in [5, 5.41) is 3.25. The Kier molecular flexibility index (Phi) is 14.3. The largest absolute Gasteiger partial charge is 0.354 e. The molecule has 0 aliphatic carbocycles. The Balaban J connectivity index is 1.29. The van der Waals surface area contributed by atoms with Crippen LogP contribution in [-0.2, 0) is 35.1 Å². The summed E-state index contributed by atoms with van der Waals surface area (Å²) in [6, 6.07) is 31.7. The van der Waals surface area contributed by atoms with Crippen LogP contribution in [0.25, 0.3) is 90.9 Å². The maximum atomic E-state index is 13.0. The number of carbonyl (C=O) groups is 1. The molecule has 20 heteroatoms. The van der Waals surface area contributed by atoms with Crippen molar-refractivity contribution in [3.8, 4) is 44.5 Å². The Morgan fingerprint density at radius 3 is 1.11 bits per heavy atom. The fourth-order valence-corrected chi connectivity index (χ4v) is 11.0. The molecule has 368 valence electrons. The first-order valence-electron chi connectivity index (χ1n) is 22.4. The number of benzene rings is 4. The van der Waals surface area contributed by atoms with E-state index in [1.54, 1.807) is 42.5 Å². The maximum Gasteiger partial charge on any atom is 0.294 e. The molecule has 72 heavy (non-hydrogen) atoms. The van der Waals surface area contributed by atoms with Gasteiger partial charge in [0.25, 0.3) is 30.4 Å². The van der Waals surface area contributed by atoms with Gasteiger partial charge in [-0.3, -0.25) is 18.5 Å². The van der Waals surface area contributed by atoms with Gasteiger partial charge in [0.2, 0.25) is 5.91 Å². The van der Waals surface area contributed by atoms with Crippen molar-refractivity contribution in [2.45, 2.75) is 52.0 Å². The highest BCUT2D eigenvalue weighted by Crippen LogP contribution is 2.39. The molecular formula is C52H45N5O10S5. The Morgan fingerprint density at radius 2 is 0.806 bits per heavy atom. The van der Waals surface area contributed by atoms with Gasteiger partial charge in [0.1, 0.15) is 0 Å². The molecule has 2 aliphatic rings. The highest BCUT2D eigenvalue weighted by Gasteiger charge is 2.21. The molecule has 0 fully saturated rings. The van der Waals surface area contributed by atoms with Gasteiger partial charge >= 0.3 is 0 Å². The average Bonchev–Trinajstić information content (AvgIpc) is 4.19. The number of aromatic amines is 2. The Morgan fingerprint density at radius 1 is 0.486 bits per heavy atom.